The van der Waals surface area contributed by atoms with Crippen molar-refractivity contribution in [2.45, 2.75) is 31.8 Å². The molecule has 1 atom stereocenters. The van der Waals surface area contributed by atoms with E-state index >= 15 is 0 Å². The minimum absolute atomic E-state index is 0.0805. The van der Waals surface area contributed by atoms with Crippen LogP contribution in [0.3, 0.4) is 0 Å². The SMILES string of the molecule is COc1ccc(OC)c(CCC(=O)C2=C(O)C(CCCN3CCOCC3)OC2)c1. The molecule has 1 N–H and O–H groups in total. The summed E-state index contributed by atoms with van der Waals surface area (Å²) in [5.41, 5.74) is 1.31. The molecule has 0 aliphatic carbocycles. The standard InChI is InChI=1S/C22H31NO6/c1-26-17-6-8-20(27-2)16(14-17)5-7-19(24)18-15-29-21(22(18)25)4-3-9-23-10-12-28-13-11-23/h6,8,14,21,25H,3-5,7,9-13,15H2,1-2H3. The fourth-order valence-electron chi connectivity index (χ4n) is 3.78. The summed E-state index contributed by atoms with van der Waals surface area (Å²) < 4.78 is 21.7. The van der Waals surface area contributed by atoms with E-state index in [1.807, 2.05) is 18.2 Å². The monoisotopic (exact) mass is 405 g/mol. The summed E-state index contributed by atoms with van der Waals surface area (Å²) in [6.07, 6.45) is 2.05. The van der Waals surface area contributed by atoms with Crippen LogP contribution in [-0.2, 0) is 20.7 Å². The van der Waals surface area contributed by atoms with Gasteiger partial charge >= 0.3 is 0 Å². The zero-order valence-electron chi connectivity index (χ0n) is 17.3. The molecule has 0 saturated carbocycles. The van der Waals surface area contributed by atoms with Gasteiger partial charge in [0.15, 0.2) is 5.78 Å². The number of carbonyl (C=O) groups is 1. The molecular weight excluding hydrogens is 374 g/mol. The van der Waals surface area contributed by atoms with Crippen LogP contribution in [0.1, 0.15) is 24.8 Å². The average Bonchev–Trinajstić information content (AvgIpc) is 3.13. The number of Topliss-reactive ketones (excluding diaryl/α,β-unsaturated/α-hetero) is 1. The molecule has 7 heteroatoms. The Balaban J connectivity index is 1.51. The third-order valence-corrected chi connectivity index (χ3v) is 5.53. The van der Waals surface area contributed by atoms with Crippen LogP contribution in [0.2, 0.25) is 0 Å². The number of carbonyl (C=O) groups excluding carboxylic acids is 1. The molecule has 2 heterocycles. The van der Waals surface area contributed by atoms with Gasteiger partial charge in [0.2, 0.25) is 0 Å². The lowest BCUT2D eigenvalue weighted by molar-refractivity contribution is -0.115. The number of ketones is 1. The zero-order chi connectivity index (χ0) is 20.6. The first-order chi connectivity index (χ1) is 14.1. The number of methoxy groups -OCH3 is 2. The van der Waals surface area contributed by atoms with Gasteiger partial charge in [-0.05, 0) is 49.6 Å². The molecule has 29 heavy (non-hydrogen) atoms. The molecule has 0 aromatic heterocycles. The van der Waals surface area contributed by atoms with E-state index in [9.17, 15) is 9.90 Å². The molecule has 160 valence electrons. The van der Waals surface area contributed by atoms with Gasteiger partial charge in [0.1, 0.15) is 23.4 Å². The molecule has 0 radical (unpaired) electrons. The smallest absolute Gasteiger partial charge is 0.164 e. The van der Waals surface area contributed by atoms with Crippen LogP contribution < -0.4 is 9.47 Å². The van der Waals surface area contributed by atoms with Crippen molar-refractivity contribution in [2.75, 3.05) is 53.7 Å². The number of benzene rings is 1. The van der Waals surface area contributed by atoms with Crippen LogP contribution in [0.4, 0.5) is 0 Å². The van der Waals surface area contributed by atoms with Crippen molar-refractivity contribution in [3.8, 4) is 11.5 Å². The second-order valence-electron chi connectivity index (χ2n) is 7.36. The lowest BCUT2D eigenvalue weighted by Gasteiger charge is -2.26. The molecule has 1 saturated heterocycles. The first kappa shape index (κ1) is 21.6. The van der Waals surface area contributed by atoms with E-state index in [0.717, 1.165) is 56.3 Å². The highest BCUT2D eigenvalue weighted by Gasteiger charge is 2.29. The van der Waals surface area contributed by atoms with Gasteiger partial charge in [-0.25, -0.2) is 0 Å². The summed E-state index contributed by atoms with van der Waals surface area (Å²) in [4.78, 5) is 15.0. The maximum Gasteiger partial charge on any atom is 0.164 e. The van der Waals surface area contributed by atoms with Gasteiger partial charge in [-0.2, -0.15) is 0 Å². The van der Waals surface area contributed by atoms with Crippen molar-refractivity contribution in [2.24, 2.45) is 0 Å². The summed E-state index contributed by atoms with van der Waals surface area (Å²) in [5, 5.41) is 10.5. The first-order valence-electron chi connectivity index (χ1n) is 10.2. The van der Waals surface area contributed by atoms with Crippen molar-refractivity contribution in [1.29, 1.82) is 0 Å². The van der Waals surface area contributed by atoms with Crippen molar-refractivity contribution >= 4 is 5.78 Å². The minimum Gasteiger partial charge on any atom is -0.509 e. The van der Waals surface area contributed by atoms with Gasteiger partial charge in [0.05, 0.1) is 39.6 Å². The van der Waals surface area contributed by atoms with Crippen molar-refractivity contribution in [3.05, 3.63) is 35.1 Å². The molecule has 0 bridgehead atoms. The average molecular weight is 405 g/mol. The van der Waals surface area contributed by atoms with Crippen LogP contribution >= 0.6 is 0 Å². The number of aryl methyl sites for hydroxylation is 1. The summed E-state index contributed by atoms with van der Waals surface area (Å²) in [7, 11) is 3.21. The Kier molecular flexibility index (Phi) is 7.91. The number of hydrogen-bond acceptors (Lipinski definition) is 7. The number of aliphatic hydroxyl groups is 1. The van der Waals surface area contributed by atoms with E-state index in [2.05, 4.69) is 4.90 Å². The van der Waals surface area contributed by atoms with E-state index < -0.39 is 0 Å². The highest BCUT2D eigenvalue weighted by Crippen LogP contribution is 2.28. The number of ether oxygens (including phenoxy) is 4. The second kappa shape index (κ2) is 10.6. The van der Waals surface area contributed by atoms with E-state index in [1.165, 1.54) is 0 Å². The Hall–Kier alpha value is -2.09. The van der Waals surface area contributed by atoms with Crippen LogP contribution in [-0.4, -0.2) is 75.6 Å². The summed E-state index contributed by atoms with van der Waals surface area (Å²) >= 11 is 0. The number of nitrogens with zero attached hydrogens (tertiary/aromatic N) is 1. The molecule has 7 nitrogen and oxygen atoms in total. The molecule has 1 unspecified atom stereocenters. The van der Waals surface area contributed by atoms with Crippen molar-refractivity contribution in [1.82, 2.24) is 4.90 Å². The first-order valence-corrected chi connectivity index (χ1v) is 10.2. The van der Waals surface area contributed by atoms with Crippen LogP contribution in [0.25, 0.3) is 0 Å². The molecule has 1 fully saturated rings. The van der Waals surface area contributed by atoms with Gasteiger partial charge in [-0.1, -0.05) is 0 Å². The van der Waals surface area contributed by atoms with Crippen LogP contribution in [0.5, 0.6) is 11.5 Å². The lowest BCUT2D eigenvalue weighted by atomic mass is 10.0. The fourth-order valence-corrected chi connectivity index (χ4v) is 3.78. The number of hydrogen-bond donors (Lipinski definition) is 1. The Bertz CT molecular complexity index is 726. The number of rotatable bonds is 10. The number of morpholine rings is 1. The normalized spacial score (nSPS) is 20.1. The molecule has 1 aromatic carbocycles. The quantitative estimate of drug-likeness (QED) is 0.641. The maximum atomic E-state index is 12.7. The van der Waals surface area contributed by atoms with Crippen molar-refractivity contribution in [3.63, 3.8) is 0 Å². The summed E-state index contributed by atoms with van der Waals surface area (Å²) in [5.74, 6) is 1.47. The van der Waals surface area contributed by atoms with E-state index in [0.29, 0.717) is 18.4 Å². The van der Waals surface area contributed by atoms with Gasteiger partial charge in [0, 0.05) is 19.5 Å². The van der Waals surface area contributed by atoms with Gasteiger partial charge in [-0.15, -0.1) is 0 Å². The Morgan fingerprint density at radius 1 is 1.24 bits per heavy atom. The van der Waals surface area contributed by atoms with E-state index in [4.69, 9.17) is 18.9 Å². The highest BCUT2D eigenvalue weighted by atomic mass is 16.5. The molecule has 0 amide bonds. The fraction of sp³-hybridized carbons (Fsp3) is 0.591. The third-order valence-electron chi connectivity index (χ3n) is 5.53. The molecule has 3 rings (SSSR count). The molecule has 1 aromatic rings. The number of aliphatic hydroxyl groups excluding tert-OH is 1. The van der Waals surface area contributed by atoms with Crippen molar-refractivity contribution < 1.29 is 28.8 Å². The molecule has 0 spiro atoms. The summed E-state index contributed by atoms with van der Waals surface area (Å²) in [6, 6.07) is 5.53. The Morgan fingerprint density at radius 2 is 2.03 bits per heavy atom. The highest BCUT2D eigenvalue weighted by molar-refractivity contribution is 5.96. The molecule has 2 aliphatic rings. The minimum atomic E-state index is -0.374. The predicted molar refractivity (Wildman–Crippen MR) is 109 cm³/mol. The zero-order valence-corrected chi connectivity index (χ0v) is 17.3. The van der Waals surface area contributed by atoms with E-state index in [1.54, 1.807) is 14.2 Å². The Labute approximate surface area is 172 Å². The van der Waals surface area contributed by atoms with E-state index in [-0.39, 0.29) is 30.7 Å². The third kappa shape index (κ3) is 5.72. The topological polar surface area (TPSA) is 77.5 Å². The second-order valence-corrected chi connectivity index (χ2v) is 7.36. The molecule has 2 aliphatic heterocycles. The Morgan fingerprint density at radius 3 is 2.76 bits per heavy atom. The van der Waals surface area contributed by atoms with Gasteiger partial charge in [0.25, 0.3) is 0 Å². The predicted octanol–water partition coefficient (Wildman–Crippen LogP) is 2.53. The molecular formula is C22H31NO6. The summed E-state index contributed by atoms with van der Waals surface area (Å²) in [6.45, 7) is 4.59. The largest absolute Gasteiger partial charge is 0.509 e. The van der Waals surface area contributed by atoms with Crippen LogP contribution in [0.15, 0.2) is 29.5 Å². The van der Waals surface area contributed by atoms with Gasteiger partial charge in [-0.3, -0.25) is 9.69 Å². The van der Waals surface area contributed by atoms with Crippen LogP contribution in [0, 0.1) is 0 Å². The lowest BCUT2D eigenvalue weighted by Crippen LogP contribution is -2.37. The van der Waals surface area contributed by atoms with Gasteiger partial charge < -0.3 is 24.1 Å². The maximum absolute atomic E-state index is 12.7.